The van der Waals surface area contributed by atoms with E-state index in [1.54, 1.807) is 20.2 Å². The molecule has 0 bridgehead atoms. The number of carbonyl (C=O) groups excluding carboxylic acids is 1. The van der Waals surface area contributed by atoms with Crippen LogP contribution in [-0.2, 0) is 0 Å². The summed E-state index contributed by atoms with van der Waals surface area (Å²) in [6.45, 7) is 4.82. The van der Waals surface area contributed by atoms with Gasteiger partial charge in [0.1, 0.15) is 0 Å². The molecule has 0 spiro atoms. The molecule has 1 fully saturated rings. The van der Waals surface area contributed by atoms with Crippen molar-refractivity contribution in [1.82, 2.24) is 15.1 Å². The summed E-state index contributed by atoms with van der Waals surface area (Å²) in [7, 11) is 3.41. The molecule has 0 saturated carbocycles. The van der Waals surface area contributed by atoms with Crippen LogP contribution in [0.25, 0.3) is 0 Å². The molecular weight excluding hydrogens is 254 g/mol. The Morgan fingerprint density at radius 3 is 2.75 bits per heavy atom. The number of carbonyl (C=O) groups is 1. The summed E-state index contributed by atoms with van der Waals surface area (Å²) >= 11 is 0. The van der Waals surface area contributed by atoms with Gasteiger partial charge in [0.2, 0.25) is 0 Å². The van der Waals surface area contributed by atoms with Crippen LogP contribution >= 0.6 is 0 Å². The van der Waals surface area contributed by atoms with Crippen molar-refractivity contribution in [3.8, 4) is 0 Å². The predicted octanol–water partition coefficient (Wildman–Crippen LogP) is 0.600. The molecule has 2 atom stereocenters. The minimum absolute atomic E-state index is 0.129. The third kappa shape index (κ3) is 3.07. The van der Waals surface area contributed by atoms with Gasteiger partial charge in [-0.05, 0) is 36.9 Å². The molecule has 2 N–H and O–H groups in total. The molecule has 1 aliphatic rings. The minimum atomic E-state index is -0.129. The lowest BCUT2D eigenvalue weighted by Crippen LogP contribution is -2.43. The molecule has 1 aromatic heterocycles. The van der Waals surface area contributed by atoms with Gasteiger partial charge in [0.25, 0.3) is 5.91 Å². The lowest BCUT2D eigenvalue weighted by atomic mass is 9.87. The number of hydrogen-bond acceptors (Lipinski definition) is 5. The van der Waals surface area contributed by atoms with Gasteiger partial charge in [0, 0.05) is 27.2 Å². The average molecular weight is 277 g/mol. The summed E-state index contributed by atoms with van der Waals surface area (Å²) in [4.78, 5) is 15.5. The third-order valence-corrected chi connectivity index (χ3v) is 4.02. The third-order valence-electron chi connectivity index (χ3n) is 4.02. The predicted molar refractivity (Wildman–Crippen MR) is 78.6 cm³/mol. The maximum Gasteiger partial charge on any atom is 0.273 e. The van der Waals surface area contributed by atoms with Gasteiger partial charge in [0.05, 0.1) is 0 Å². The fourth-order valence-corrected chi connectivity index (χ4v) is 2.50. The van der Waals surface area contributed by atoms with Crippen LogP contribution in [0, 0.1) is 11.8 Å². The van der Waals surface area contributed by atoms with Crippen LogP contribution in [-0.4, -0.2) is 54.7 Å². The highest BCUT2D eigenvalue weighted by Crippen LogP contribution is 2.25. The molecule has 6 heteroatoms. The van der Waals surface area contributed by atoms with Crippen molar-refractivity contribution in [3.05, 3.63) is 17.8 Å². The van der Waals surface area contributed by atoms with Crippen molar-refractivity contribution >= 4 is 11.7 Å². The molecule has 1 aliphatic heterocycles. The Morgan fingerprint density at radius 2 is 2.20 bits per heavy atom. The van der Waals surface area contributed by atoms with Crippen LogP contribution in [0.1, 0.15) is 23.8 Å². The second kappa shape index (κ2) is 6.17. The quantitative estimate of drug-likeness (QED) is 0.875. The number of rotatable bonds is 3. The lowest BCUT2D eigenvalue weighted by molar-refractivity contribution is 0.0821. The highest BCUT2D eigenvalue weighted by molar-refractivity contribution is 5.91. The summed E-state index contributed by atoms with van der Waals surface area (Å²) in [5, 5.41) is 8.22. The minimum Gasteiger partial charge on any atom is -0.355 e. The van der Waals surface area contributed by atoms with Crippen LogP contribution in [0.2, 0.25) is 0 Å². The molecule has 110 valence electrons. The lowest BCUT2D eigenvalue weighted by Gasteiger charge is -2.37. The molecule has 6 nitrogen and oxygen atoms in total. The van der Waals surface area contributed by atoms with Crippen molar-refractivity contribution in [1.29, 1.82) is 0 Å². The van der Waals surface area contributed by atoms with E-state index in [0.29, 0.717) is 24.1 Å². The Hall–Kier alpha value is -1.69. The molecule has 1 aromatic rings. The van der Waals surface area contributed by atoms with E-state index in [9.17, 15) is 4.79 Å². The fourth-order valence-electron chi connectivity index (χ4n) is 2.50. The highest BCUT2D eigenvalue weighted by Gasteiger charge is 2.26. The maximum absolute atomic E-state index is 11.8. The number of anilines is 1. The first-order valence-electron chi connectivity index (χ1n) is 7.03. The summed E-state index contributed by atoms with van der Waals surface area (Å²) in [6.07, 6.45) is 1.11. The fraction of sp³-hybridized carbons (Fsp3) is 0.643. The first-order chi connectivity index (χ1) is 9.52. The molecule has 2 heterocycles. The topological polar surface area (TPSA) is 75.4 Å². The maximum atomic E-state index is 11.8. The van der Waals surface area contributed by atoms with E-state index in [1.165, 1.54) is 4.90 Å². The van der Waals surface area contributed by atoms with Crippen LogP contribution in [0.5, 0.6) is 0 Å². The smallest absolute Gasteiger partial charge is 0.273 e. The van der Waals surface area contributed by atoms with Gasteiger partial charge >= 0.3 is 0 Å². The van der Waals surface area contributed by atoms with Crippen LogP contribution in [0.15, 0.2) is 12.1 Å². The van der Waals surface area contributed by atoms with Crippen LogP contribution < -0.4 is 10.6 Å². The van der Waals surface area contributed by atoms with Gasteiger partial charge in [-0.25, -0.2) is 0 Å². The monoisotopic (exact) mass is 277 g/mol. The van der Waals surface area contributed by atoms with Crippen molar-refractivity contribution in [2.24, 2.45) is 17.6 Å². The molecule has 2 rings (SSSR count). The molecule has 0 radical (unpaired) electrons. The average Bonchev–Trinajstić information content (AvgIpc) is 2.47. The van der Waals surface area contributed by atoms with E-state index in [2.05, 4.69) is 22.0 Å². The Labute approximate surface area is 120 Å². The molecule has 0 aliphatic carbocycles. The SMILES string of the molecule is CC1CCN(c2ccc(C(=O)N(C)C)nn2)CC1CN. The van der Waals surface area contributed by atoms with Gasteiger partial charge in [-0.1, -0.05) is 6.92 Å². The van der Waals surface area contributed by atoms with E-state index in [4.69, 9.17) is 5.73 Å². The number of amides is 1. The van der Waals surface area contributed by atoms with E-state index < -0.39 is 0 Å². The van der Waals surface area contributed by atoms with Crippen molar-refractivity contribution in [2.45, 2.75) is 13.3 Å². The number of nitrogens with two attached hydrogens (primary N) is 1. The zero-order valence-electron chi connectivity index (χ0n) is 12.4. The first-order valence-corrected chi connectivity index (χ1v) is 7.03. The van der Waals surface area contributed by atoms with Crippen molar-refractivity contribution in [3.63, 3.8) is 0 Å². The number of nitrogens with zero attached hydrogens (tertiary/aromatic N) is 4. The molecule has 0 aromatic carbocycles. The van der Waals surface area contributed by atoms with Crippen LogP contribution in [0.4, 0.5) is 5.82 Å². The molecule has 1 amide bonds. The Morgan fingerprint density at radius 1 is 1.45 bits per heavy atom. The van der Waals surface area contributed by atoms with E-state index >= 15 is 0 Å². The van der Waals surface area contributed by atoms with Crippen molar-refractivity contribution < 1.29 is 4.79 Å². The summed E-state index contributed by atoms with van der Waals surface area (Å²) < 4.78 is 0. The van der Waals surface area contributed by atoms with E-state index in [1.807, 2.05) is 6.07 Å². The van der Waals surface area contributed by atoms with Gasteiger partial charge in [-0.3, -0.25) is 4.79 Å². The second-order valence-electron chi connectivity index (χ2n) is 5.68. The number of hydrogen-bond donors (Lipinski definition) is 1. The summed E-state index contributed by atoms with van der Waals surface area (Å²) in [6, 6.07) is 3.60. The normalized spacial score (nSPS) is 22.7. The zero-order valence-corrected chi connectivity index (χ0v) is 12.4. The van der Waals surface area contributed by atoms with Crippen molar-refractivity contribution in [2.75, 3.05) is 38.6 Å². The molecular formula is C14H23N5O. The Bertz CT molecular complexity index is 459. The summed E-state index contributed by atoms with van der Waals surface area (Å²) in [5.41, 5.74) is 6.19. The molecule has 20 heavy (non-hydrogen) atoms. The number of aromatic nitrogens is 2. The van der Waals surface area contributed by atoms with Gasteiger partial charge in [-0.2, -0.15) is 0 Å². The van der Waals surface area contributed by atoms with Crippen LogP contribution in [0.3, 0.4) is 0 Å². The van der Waals surface area contributed by atoms with E-state index in [0.717, 1.165) is 25.3 Å². The largest absolute Gasteiger partial charge is 0.355 e. The van der Waals surface area contributed by atoms with Gasteiger partial charge < -0.3 is 15.5 Å². The number of piperidine rings is 1. The standard InChI is InChI=1S/C14H23N5O/c1-10-6-7-19(9-11(10)8-15)13-5-4-12(16-17-13)14(20)18(2)3/h4-5,10-11H,6-9,15H2,1-3H3. The van der Waals surface area contributed by atoms with Gasteiger partial charge in [-0.15, -0.1) is 10.2 Å². The first kappa shape index (κ1) is 14.7. The Kier molecular flexibility index (Phi) is 4.54. The summed E-state index contributed by atoms with van der Waals surface area (Å²) in [5.74, 6) is 1.84. The second-order valence-corrected chi connectivity index (χ2v) is 5.68. The van der Waals surface area contributed by atoms with E-state index in [-0.39, 0.29) is 5.91 Å². The zero-order chi connectivity index (χ0) is 14.7. The van der Waals surface area contributed by atoms with Gasteiger partial charge in [0.15, 0.2) is 11.5 Å². The Balaban J connectivity index is 2.08. The molecule has 1 saturated heterocycles. The molecule has 2 unspecified atom stereocenters. The highest BCUT2D eigenvalue weighted by atomic mass is 16.2.